The Labute approximate surface area is 185 Å². The summed E-state index contributed by atoms with van der Waals surface area (Å²) < 4.78 is 32.9. The standard InChI is InChI=1S/C22H19ClN2O5S/c1-14-6-3-4-9-19(14)25-31(28,29)20-13-15(10-11-18(20)23)21(26)24-17-8-5-7-16(12-17)22(27)30-2/h3-13,25H,1-2H3,(H,24,26). The van der Waals surface area contributed by atoms with Gasteiger partial charge in [0.15, 0.2) is 0 Å². The summed E-state index contributed by atoms with van der Waals surface area (Å²) in [6.45, 7) is 1.77. The fraction of sp³-hybridized carbons (Fsp3) is 0.0909. The third kappa shape index (κ3) is 5.22. The lowest BCUT2D eigenvalue weighted by atomic mass is 10.1. The number of sulfonamides is 1. The van der Waals surface area contributed by atoms with Gasteiger partial charge in [0.05, 0.1) is 23.4 Å². The van der Waals surface area contributed by atoms with Crippen LogP contribution in [0.25, 0.3) is 0 Å². The highest BCUT2D eigenvalue weighted by Crippen LogP contribution is 2.26. The highest BCUT2D eigenvalue weighted by molar-refractivity contribution is 7.92. The molecule has 0 unspecified atom stereocenters. The zero-order chi connectivity index (χ0) is 22.6. The minimum absolute atomic E-state index is 0.0228. The molecule has 160 valence electrons. The van der Waals surface area contributed by atoms with Gasteiger partial charge in [0, 0.05) is 11.3 Å². The van der Waals surface area contributed by atoms with Gasteiger partial charge in [0.25, 0.3) is 15.9 Å². The Morgan fingerprint density at radius 2 is 1.68 bits per heavy atom. The van der Waals surface area contributed by atoms with Crippen molar-refractivity contribution in [1.82, 2.24) is 0 Å². The van der Waals surface area contributed by atoms with Crippen molar-refractivity contribution in [2.24, 2.45) is 0 Å². The molecule has 0 fully saturated rings. The summed E-state index contributed by atoms with van der Waals surface area (Å²) in [7, 11) is -2.78. The third-order valence-electron chi connectivity index (χ3n) is 4.41. The first-order valence-corrected chi connectivity index (χ1v) is 10.9. The average molecular weight is 459 g/mol. The number of benzene rings is 3. The van der Waals surface area contributed by atoms with Crippen LogP contribution in [0.15, 0.2) is 71.6 Å². The predicted molar refractivity (Wildman–Crippen MR) is 119 cm³/mol. The summed E-state index contributed by atoms with van der Waals surface area (Å²) in [5, 5.41) is 2.61. The van der Waals surface area contributed by atoms with E-state index in [0.717, 1.165) is 5.56 Å². The van der Waals surface area contributed by atoms with Crippen molar-refractivity contribution in [3.8, 4) is 0 Å². The van der Waals surface area contributed by atoms with E-state index in [4.69, 9.17) is 11.6 Å². The Bertz CT molecular complexity index is 1260. The number of rotatable bonds is 6. The van der Waals surface area contributed by atoms with Gasteiger partial charge in [-0.3, -0.25) is 9.52 Å². The fourth-order valence-electron chi connectivity index (χ4n) is 2.78. The SMILES string of the molecule is COC(=O)c1cccc(NC(=O)c2ccc(Cl)c(S(=O)(=O)Nc3ccccc3C)c2)c1. The number of carbonyl (C=O) groups is 2. The summed E-state index contributed by atoms with van der Waals surface area (Å²) >= 11 is 6.12. The summed E-state index contributed by atoms with van der Waals surface area (Å²) in [5.41, 5.74) is 1.85. The monoisotopic (exact) mass is 458 g/mol. The van der Waals surface area contributed by atoms with Gasteiger partial charge in [0.1, 0.15) is 4.90 Å². The maximum atomic E-state index is 12.9. The summed E-state index contributed by atoms with van der Waals surface area (Å²) in [5.74, 6) is -1.11. The van der Waals surface area contributed by atoms with Gasteiger partial charge >= 0.3 is 5.97 Å². The second-order valence-corrected chi connectivity index (χ2v) is 8.65. The predicted octanol–water partition coefficient (Wildman–Crippen LogP) is 4.49. The summed E-state index contributed by atoms with van der Waals surface area (Å²) in [6, 6.07) is 17.0. The van der Waals surface area contributed by atoms with E-state index in [0.29, 0.717) is 11.4 Å². The van der Waals surface area contributed by atoms with Gasteiger partial charge in [-0.1, -0.05) is 35.9 Å². The van der Waals surface area contributed by atoms with Crippen LogP contribution in [0.1, 0.15) is 26.3 Å². The van der Waals surface area contributed by atoms with Crippen LogP contribution in [0, 0.1) is 6.92 Å². The van der Waals surface area contributed by atoms with Crippen LogP contribution < -0.4 is 10.0 Å². The van der Waals surface area contributed by atoms with E-state index in [1.54, 1.807) is 49.4 Å². The van der Waals surface area contributed by atoms with Crippen LogP contribution in [0.4, 0.5) is 11.4 Å². The number of hydrogen-bond donors (Lipinski definition) is 2. The molecule has 0 bridgehead atoms. The third-order valence-corrected chi connectivity index (χ3v) is 6.26. The number of ether oxygens (including phenoxy) is 1. The fourth-order valence-corrected chi connectivity index (χ4v) is 4.44. The highest BCUT2D eigenvalue weighted by atomic mass is 35.5. The molecule has 0 spiro atoms. The van der Waals surface area contributed by atoms with E-state index in [2.05, 4.69) is 14.8 Å². The van der Waals surface area contributed by atoms with Crippen LogP contribution >= 0.6 is 11.6 Å². The summed E-state index contributed by atoms with van der Waals surface area (Å²) in [6.07, 6.45) is 0. The number of amides is 1. The molecule has 7 nitrogen and oxygen atoms in total. The molecule has 1 amide bonds. The van der Waals surface area contributed by atoms with E-state index in [9.17, 15) is 18.0 Å². The molecule has 0 heterocycles. The van der Waals surface area contributed by atoms with Gasteiger partial charge < -0.3 is 10.1 Å². The van der Waals surface area contributed by atoms with Crippen LogP contribution in [0.3, 0.4) is 0 Å². The minimum Gasteiger partial charge on any atom is -0.465 e. The molecule has 3 aromatic rings. The molecular formula is C22H19ClN2O5S. The molecule has 2 N–H and O–H groups in total. The maximum absolute atomic E-state index is 12.9. The lowest BCUT2D eigenvalue weighted by Gasteiger charge is -2.13. The Morgan fingerprint density at radius 3 is 2.39 bits per heavy atom. The lowest BCUT2D eigenvalue weighted by molar-refractivity contribution is 0.0600. The molecule has 31 heavy (non-hydrogen) atoms. The van der Waals surface area contributed by atoms with E-state index in [1.807, 2.05) is 0 Å². The molecule has 0 saturated heterocycles. The minimum atomic E-state index is -4.04. The zero-order valence-electron chi connectivity index (χ0n) is 16.7. The van der Waals surface area contributed by atoms with Crippen molar-refractivity contribution in [2.75, 3.05) is 17.1 Å². The van der Waals surface area contributed by atoms with Crippen LogP contribution in [-0.2, 0) is 14.8 Å². The van der Waals surface area contributed by atoms with Gasteiger partial charge in [-0.2, -0.15) is 0 Å². The van der Waals surface area contributed by atoms with Crippen molar-refractivity contribution in [1.29, 1.82) is 0 Å². The van der Waals surface area contributed by atoms with E-state index >= 15 is 0 Å². The first kappa shape index (κ1) is 22.3. The molecule has 0 aromatic heterocycles. The van der Waals surface area contributed by atoms with Crippen molar-refractivity contribution in [3.05, 3.63) is 88.4 Å². The lowest BCUT2D eigenvalue weighted by Crippen LogP contribution is -2.17. The Hall–Kier alpha value is -3.36. The van der Waals surface area contributed by atoms with Crippen LogP contribution in [-0.4, -0.2) is 27.4 Å². The number of aryl methyl sites for hydroxylation is 1. The number of halogens is 1. The highest BCUT2D eigenvalue weighted by Gasteiger charge is 2.21. The van der Waals surface area contributed by atoms with Gasteiger partial charge in [0.2, 0.25) is 0 Å². The smallest absolute Gasteiger partial charge is 0.337 e. The van der Waals surface area contributed by atoms with Crippen LogP contribution in [0.2, 0.25) is 5.02 Å². The molecule has 0 aliphatic heterocycles. The average Bonchev–Trinajstić information content (AvgIpc) is 2.75. The van der Waals surface area contributed by atoms with E-state index in [-0.39, 0.29) is 21.0 Å². The van der Waals surface area contributed by atoms with Gasteiger partial charge in [-0.15, -0.1) is 0 Å². The van der Waals surface area contributed by atoms with Gasteiger partial charge in [-0.25, -0.2) is 13.2 Å². The number of methoxy groups -OCH3 is 1. The van der Waals surface area contributed by atoms with Crippen molar-refractivity contribution in [2.45, 2.75) is 11.8 Å². The summed E-state index contributed by atoms with van der Waals surface area (Å²) in [4.78, 5) is 24.1. The molecule has 3 rings (SSSR count). The number of carbonyl (C=O) groups excluding carboxylic acids is 2. The number of nitrogens with one attached hydrogen (secondary N) is 2. The number of esters is 1. The Balaban J connectivity index is 1.87. The second kappa shape index (κ2) is 9.20. The molecule has 0 saturated carbocycles. The normalized spacial score (nSPS) is 10.9. The second-order valence-electron chi connectivity index (χ2n) is 6.59. The molecule has 0 aliphatic rings. The van der Waals surface area contributed by atoms with Crippen molar-refractivity contribution >= 4 is 44.9 Å². The van der Waals surface area contributed by atoms with Crippen molar-refractivity contribution in [3.63, 3.8) is 0 Å². The first-order valence-electron chi connectivity index (χ1n) is 9.09. The van der Waals surface area contributed by atoms with Gasteiger partial charge in [-0.05, 0) is 55.0 Å². The Morgan fingerprint density at radius 1 is 0.935 bits per heavy atom. The molecule has 9 heteroatoms. The topological polar surface area (TPSA) is 102 Å². The molecular weight excluding hydrogens is 440 g/mol. The Kier molecular flexibility index (Phi) is 6.62. The maximum Gasteiger partial charge on any atom is 0.337 e. The number of hydrogen-bond acceptors (Lipinski definition) is 5. The van der Waals surface area contributed by atoms with E-state index in [1.165, 1.54) is 31.4 Å². The largest absolute Gasteiger partial charge is 0.465 e. The quantitative estimate of drug-likeness (QED) is 0.530. The molecule has 0 aliphatic carbocycles. The zero-order valence-corrected chi connectivity index (χ0v) is 18.3. The molecule has 0 radical (unpaired) electrons. The first-order chi connectivity index (χ1) is 14.7. The van der Waals surface area contributed by atoms with Crippen molar-refractivity contribution < 1.29 is 22.7 Å². The van der Waals surface area contributed by atoms with Crippen LogP contribution in [0.5, 0.6) is 0 Å². The van der Waals surface area contributed by atoms with E-state index < -0.39 is 21.9 Å². The molecule has 0 atom stereocenters. The molecule has 3 aromatic carbocycles. The number of anilines is 2. The number of para-hydroxylation sites is 1.